The topological polar surface area (TPSA) is 65.8 Å². The fraction of sp³-hybridized carbons (Fsp3) is 0.524. The summed E-state index contributed by atoms with van der Waals surface area (Å²) in [4.78, 5) is 25.7. The Labute approximate surface area is 167 Å². The Bertz CT molecular complexity index is 911. The summed E-state index contributed by atoms with van der Waals surface area (Å²) in [5, 5.41) is 7.94. The zero-order valence-corrected chi connectivity index (χ0v) is 16.2. The first-order chi connectivity index (χ1) is 13.9. The molecule has 1 aromatic carbocycles. The summed E-state index contributed by atoms with van der Waals surface area (Å²) in [6, 6.07) is 8.14. The molecule has 0 spiro atoms. The van der Waals surface area contributed by atoms with Gasteiger partial charge in [-0.2, -0.15) is 0 Å². The molecule has 1 saturated heterocycles. The van der Waals surface area contributed by atoms with Crippen LogP contribution in [0.25, 0.3) is 10.9 Å². The summed E-state index contributed by atoms with van der Waals surface area (Å²) >= 11 is 0. The molecule has 2 fully saturated rings. The van der Waals surface area contributed by atoms with Gasteiger partial charge >= 0.3 is 0 Å². The average molecular weight is 405 g/mol. The average Bonchev–Trinajstić information content (AvgIpc) is 3.27. The molecule has 2 aliphatic heterocycles. The number of benzene rings is 1. The van der Waals surface area contributed by atoms with E-state index < -0.39 is 5.92 Å². The van der Waals surface area contributed by atoms with Gasteiger partial charge in [0.1, 0.15) is 0 Å². The SMILES string of the molecule is O=C(c1c2n(c3ccccc13)CCC2)N1CCN(C2CC(F)(F)C2)CC1.O=CO. The van der Waals surface area contributed by atoms with E-state index in [0.717, 1.165) is 41.5 Å². The Kier molecular flexibility index (Phi) is 5.29. The lowest BCUT2D eigenvalue weighted by molar-refractivity contribution is -0.128. The van der Waals surface area contributed by atoms with Gasteiger partial charge in [-0.25, -0.2) is 8.78 Å². The smallest absolute Gasteiger partial charge is 0.290 e. The lowest BCUT2D eigenvalue weighted by Crippen LogP contribution is -2.57. The number of rotatable bonds is 2. The van der Waals surface area contributed by atoms with Gasteiger partial charge in [0, 0.05) is 68.2 Å². The zero-order valence-electron chi connectivity index (χ0n) is 16.2. The van der Waals surface area contributed by atoms with Crippen LogP contribution in [0.15, 0.2) is 24.3 Å². The molecule has 8 heteroatoms. The summed E-state index contributed by atoms with van der Waals surface area (Å²) < 4.78 is 28.5. The molecule has 29 heavy (non-hydrogen) atoms. The van der Waals surface area contributed by atoms with E-state index in [9.17, 15) is 13.6 Å². The molecule has 0 atom stereocenters. The maximum Gasteiger partial charge on any atom is 0.290 e. The van der Waals surface area contributed by atoms with Crippen LogP contribution in [0.4, 0.5) is 8.78 Å². The third-order valence-corrected chi connectivity index (χ3v) is 6.27. The van der Waals surface area contributed by atoms with Crippen molar-refractivity contribution in [3.8, 4) is 0 Å². The van der Waals surface area contributed by atoms with E-state index in [1.807, 2.05) is 23.1 Å². The van der Waals surface area contributed by atoms with Crippen LogP contribution in [0.2, 0.25) is 0 Å². The molecule has 1 saturated carbocycles. The van der Waals surface area contributed by atoms with Crippen molar-refractivity contribution in [3.63, 3.8) is 0 Å². The van der Waals surface area contributed by atoms with E-state index in [4.69, 9.17) is 9.90 Å². The molecular weight excluding hydrogens is 380 g/mol. The lowest BCUT2D eigenvalue weighted by atomic mass is 9.86. The maximum atomic E-state index is 13.3. The minimum absolute atomic E-state index is 0.0122. The molecule has 1 aliphatic carbocycles. The molecule has 1 N–H and O–H groups in total. The second-order valence-corrected chi connectivity index (χ2v) is 7.95. The number of amides is 1. The first kappa shape index (κ1) is 19.8. The standard InChI is InChI=1S/C20H23F2N3O.CH2O2/c21-20(22)12-14(13-20)23-8-10-24(11-9-23)19(26)18-15-4-1-2-5-16(15)25-7-3-6-17(18)25;2-1-3/h1-2,4-5,14H,3,6-13H2;1H,(H,2,3). The molecule has 0 bridgehead atoms. The minimum Gasteiger partial charge on any atom is -0.483 e. The summed E-state index contributed by atoms with van der Waals surface area (Å²) in [7, 11) is 0. The normalized spacial score (nSPS) is 21.2. The van der Waals surface area contributed by atoms with Crippen molar-refractivity contribution >= 4 is 23.3 Å². The molecule has 0 radical (unpaired) electrons. The van der Waals surface area contributed by atoms with Gasteiger partial charge in [0.25, 0.3) is 18.3 Å². The van der Waals surface area contributed by atoms with Gasteiger partial charge in [0.05, 0.1) is 5.56 Å². The Morgan fingerprint density at radius 3 is 2.41 bits per heavy atom. The largest absolute Gasteiger partial charge is 0.483 e. The summed E-state index contributed by atoms with van der Waals surface area (Å²) in [5.41, 5.74) is 3.18. The number of piperazine rings is 1. The van der Waals surface area contributed by atoms with E-state index in [1.165, 1.54) is 0 Å². The molecule has 5 rings (SSSR count). The van der Waals surface area contributed by atoms with Crippen LogP contribution < -0.4 is 0 Å². The van der Waals surface area contributed by atoms with Gasteiger partial charge in [-0.15, -0.1) is 0 Å². The molecular formula is C21H25F2N3O3. The monoisotopic (exact) mass is 405 g/mol. The number of carbonyl (C=O) groups is 2. The van der Waals surface area contributed by atoms with Crippen molar-refractivity contribution in [2.24, 2.45) is 0 Å². The van der Waals surface area contributed by atoms with E-state index in [-0.39, 0.29) is 31.3 Å². The highest BCUT2D eigenvalue weighted by Crippen LogP contribution is 2.40. The maximum absolute atomic E-state index is 13.3. The number of alkyl halides is 2. The number of halogens is 2. The fourth-order valence-electron chi connectivity index (χ4n) is 4.85. The Hall–Kier alpha value is -2.48. The van der Waals surface area contributed by atoms with Gasteiger partial charge < -0.3 is 14.6 Å². The quantitative estimate of drug-likeness (QED) is 0.781. The van der Waals surface area contributed by atoms with E-state index >= 15 is 0 Å². The molecule has 2 aromatic rings. The van der Waals surface area contributed by atoms with Gasteiger partial charge in [0.2, 0.25) is 0 Å². The molecule has 3 heterocycles. The third kappa shape index (κ3) is 3.61. The van der Waals surface area contributed by atoms with Gasteiger partial charge in [0.15, 0.2) is 0 Å². The van der Waals surface area contributed by atoms with Crippen molar-refractivity contribution in [1.82, 2.24) is 14.4 Å². The van der Waals surface area contributed by atoms with E-state index in [2.05, 4.69) is 15.5 Å². The van der Waals surface area contributed by atoms with Gasteiger partial charge in [-0.3, -0.25) is 14.5 Å². The highest BCUT2D eigenvalue weighted by molar-refractivity contribution is 6.08. The van der Waals surface area contributed by atoms with Gasteiger partial charge in [-0.1, -0.05) is 18.2 Å². The molecule has 0 unspecified atom stereocenters. The summed E-state index contributed by atoms with van der Waals surface area (Å²) in [6.45, 7) is 3.37. The number of aromatic nitrogens is 1. The first-order valence-electron chi connectivity index (χ1n) is 10.0. The van der Waals surface area contributed by atoms with E-state index in [0.29, 0.717) is 26.2 Å². The van der Waals surface area contributed by atoms with Crippen molar-refractivity contribution in [1.29, 1.82) is 0 Å². The van der Waals surface area contributed by atoms with Gasteiger partial charge in [-0.05, 0) is 18.9 Å². The molecule has 6 nitrogen and oxygen atoms in total. The molecule has 3 aliphatic rings. The van der Waals surface area contributed by atoms with Crippen LogP contribution in [0.5, 0.6) is 0 Å². The highest BCUT2D eigenvalue weighted by atomic mass is 19.3. The summed E-state index contributed by atoms with van der Waals surface area (Å²) in [5.74, 6) is -2.38. The number of nitrogens with zero attached hydrogens (tertiary/aromatic N) is 3. The van der Waals surface area contributed by atoms with Crippen molar-refractivity contribution in [3.05, 3.63) is 35.5 Å². The third-order valence-electron chi connectivity index (χ3n) is 6.27. The highest BCUT2D eigenvalue weighted by Gasteiger charge is 2.48. The van der Waals surface area contributed by atoms with Crippen molar-refractivity contribution < 1.29 is 23.5 Å². The van der Waals surface area contributed by atoms with Crippen molar-refractivity contribution in [2.45, 2.75) is 44.2 Å². The zero-order chi connectivity index (χ0) is 20.6. The molecule has 1 amide bonds. The Morgan fingerprint density at radius 1 is 1.10 bits per heavy atom. The number of aryl methyl sites for hydroxylation is 1. The Balaban J connectivity index is 0.000000645. The number of para-hydroxylation sites is 1. The predicted octanol–water partition coefficient (Wildman–Crippen LogP) is 2.84. The minimum atomic E-state index is -2.48. The second kappa shape index (κ2) is 7.74. The number of hydrogen-bond acceptors (Lipinski definition) is 3. The van der Waals surface area contributed by atoms with Crippen LogP contribution >= 0.6 is 0 Å². The predicted molar refractivity (Wildman–Crippen MR) is 104 cm³/mol. The lowest BCUT2D eigenvalue weighted by Gasteiger charge is -2.46. The van der Waals surface area contributed by atoms with Crippen LogP contribution in [0.3, 0.4) is 0 Å². The van der Waals surface area contributed by atoms with E-state index in [1.54, 1.807) is 0 Å². The molecule has 1 aromatic heterocycles. The van der Waals surface area contributed by atoms with Crippen LogP contribution in [0.1, 0.15) is 35.3 Å². The molecule has 156 valence electrons. The summed E-state index contributed by atoms with van der Waals surface area (Å²) in [6.07, 6.45) is 1.98. The Morgan fingerprint density at radius 2 is 1.76 bits per heavy atom. The van der Waals surface area contributed by atoms with Crippen LogP contribution in [-0.2, 0) is 17.8 Å². The van der Waals surface area contributed by atoms with Crippen LogP contribution in [0, 0.1) is 0 Å². The second-order valence-electron chi connectivity index (χ2n) is 7.95. The fourth-order valence-corrected chi connectivity index (χ4v) is 4.85. The number of hydrogen-bond donors (Lipinski definition) is 1. The number of carboxylic acid groups (broad SMARTS) is 1. The number of carbonyl (C=O) groups excluding carboxylic acids is 1. The number of fused-ring (bicyclic) bond motifs is 3. The first-order valence-corrected chi connectivity index (χ1v) is 10.0. The van der Waals surface area contributed by atoms with Crippen molar-refractivity contribution in [2.75, 3.05) is 26.2 Å². The van der Waals surface area contributed by atoms with Crippen LogP contribution in [-0.4, -0.2) is 70.0 Å².